The van der Waals surface area contributed by atoms with Gasteiger partial charge >= 0.3 is 0 Å². The van der Waals surface area contributed by atoms with Gasteiger partial charge in [0.25, 0.3) is 0 Å². The Morgan fingerprint density at radius 1 is 1.09 bits per heavy atom. The van der Waals surface area contributed by atoms with Gasteiger partial charge in [-0.3, -0.25) is 4.99 Å². The van der Waals surface area contributed by atoms with E-state index >= 15 is 0 Å². The zero-order valence-electron chi connectivity index (χ0n) is 13.6. The molecule has 0 saturated heterocycles. The largest absolute Gasteiger partial charge is 0.357 e. The smallest absolute Gasteiger partial charge is 0.191 e. The summed E-state index contributed by atoms with van der Waals surface area (Å²) in [7, 11) is 0. The normalized spacial score (nSPS) is 11.4. The van der Waals surface area contributed by atoms with Crippen LogP contribution < -0.4 is 10.6 Å². The molecule has 2 aromatic carbocycles. The van der Waals surface area contributed by atoms with Crippen LogP contribution in [0, 0.1) is 0 Å². The first-order chi connectivity index (χ1) is 10.2. The Labute approximate surface area is 150 Å². The first-order valence-electron chi connectivity index (χ1n) is 7.72. The molecule has 0 saturated carbocycles. The Bertz CT molecular complexity index is 603. The SMILES string of the molecule is CCNC(=NCCc1cccc2ccccc12)NC(C)C.I. The molecule has 2 N–H and O–H groups in total. The molecule has 2 aromatic rings. The lowest BCUT2D eigenvalue weighted by molar-refractivity contribution is 0.700. The number of hydrogen-bond acceptors (Lipinski definition) is 1. The molecule has 0 fully saturated rings. The summed E-state index contributed by atoms with van der Waals surface area (Å²) in [5.74, 6) is 0.896. The van der Waals surface area contributed by atoms with Gasteiger partial charge in [0.2, 0.25) is 0 Å². The van der Waals surface area contributed by atoms with Gasteiger partial charge in [0.05, 0.1) is 0 Å². The van der Waals surface area contributed by atoms with Gasteiger partial charge in [0.15, 0.2) is 5.96 Å². The van der Waals surface area contributed by atoms with Crippen molar-refractivity contribution in [3.8, 4) is 0 Å². The summed E-state index contributed by atoms with van der Waals surface area (Å²) in [6, 6.07) is 15.4. The first kappa shape index (κ1) is 18.7. The van der Waals surface area contributed by atoms with E-state index in [0.717, 1.165) is 25.5 Å². The molecule has 22 heavy (non-hydrogen) atoms. The minimum Gasteiger partial charge on any atom is -0.357 e. The van der Waals surface area contributed by atoms with Crippen LogP contribution in [0.2, 0.25) is 0 Å². The maximum atomic E-state index is 4.65. The molecule has 0 radical (unpaired) electrons. The number of benzene rings is 2. The second-order valence-corrected chi connectivity index (χ2v) is 5.45. The number of hydrogen-bond donors (Lipinski definition) is 2. The van der Waals surface area contributed by atoms with Crippen molar-refractivity contribution in [2.75, 3.05) is 13.1 Å². The van der Waals surface area contributed by atoms with E-state index < -0.39 is 0 Å². The van der Waals surface area contributed by atoms with Crippen molar-refractivity contribution < 1.29 is 0 Å². The average molecular weight is 411 g/mol. The fourth-order valence-electron chi connectivity index (χ4n) is 2.39. The topological polar surface area (TPSA) is 36.4 Å². The van der Waals surface area contributed by atoms with E-state index in [4.69, 9.17) is 0 Å². The van der Waals surface area contributed by atoms with Gasteiger partial charge in [-0.1, -0.05) is 42.5 Å². The lowest BCUT2D eigenvalue weighted by atomic mass is 10.0. The van der Waals surface area contributed by atoms with Crippen molar-refractivity contribution in [2.24, 2.45) is 4.99 Å². The molecule has 0 aromatic heterocycles. The Morgan fingerprint density at radius 3 is 2.55 bits per heavy atom. The van der Waals surface area contributed by atoms with Crippen LogP contribution in [-0.4, -0.2) is 25.1 Å². The van der Waals surface area contributed by atoms with Crippen LogP contribution in [0.1, 0.15) is 26.3 Å². The van der Waals surface area contributed by atoms with Gasteiger partial charge in [0.1, 0.15) is 0 Å². The molecule has 0 aliphatic heterocycles. The highest BCUT2D eigenvalue weighted by molar-refractivity contribution is 14.0. The highest BCUT2D eigenvalue weighted by Gasteiger charge is 2.01. The van der Waals surface area contributed by atoms with E-state index in [-0.39, 0.29) is 24.0 Å². The van der Waals surface area contributed by atoms with Crippen LogP contribution in [-0.2, 0) is 6.42 Å². The fraction of sp³-hybridized carbons (Fsp3) is 0.389. The third-order valence-electron chi connectivity index (χ3n) is 3.30. The number of rotatable bonds is 5. The van der Waals surface area contributed by atoms with Crippen LogP contribution in [0.4, 0.5) is 0 Å². The number of aliphatic imine (C=N–C) groups is 1. The maximum Gasteiger partial charge on any atom is 0.191 e. The minimum absolute atomic E-state index is 0. The molecule has 3 nitrogen and oxygen atoms in total. The zero-order valence-corrected chi connectivity index (χ0v) is 15.9. The van der Waals surface area contributed by atoms with Crippen molar-refractivity contribution in [1.82, 2.24) is 10.6 Å². The Kier molecular flexibility index (Phi) is 8.24. The molecule has 0 aliphatic rings. The zero-order chi connectivity index (χ0) is 15.1. The molecule has 4 heteroatoms. The average Bonchev–Trinajstić information content (AvgIpc) is 2.47. The lowest BCUT2D eigenvalue weighted by Crippen LogP contribution is -2.41. The number of halogens is 1. The highest BCUT2D eigenvalue weighted by Crippen LogP contribution is 2.18. The van der Waals surface area contributed by atoms with Gasteiger partial charge in [-0.05, 0) is 43.5 Å². The van der Waals surface area contributed by atoms with Gasteiger partial charge in [0, 0.05) is 19.1 Å². The molecule has 0 bridgehead atoms. The standard InChI is InChI=1S/C18H25N3.HI/c1-4-19-18(21-14(2)3)20-13-12-16-10-7-9-15-8-5-6-11-17(15)16;/h5-11,14H,4,12-13H2,1-3H3,(H2,19,20,21);1H. The second-order valence-electron chi connectivity index (χ2n) is 5.45. The molecule has 0 spiro atoms. The van der Waals surface area contributed by atoms with Crippen molar-refractivity contribution in [1.29, 1.82) is 0 Å². The molecule has 0 heterocycles. The maximum absolute atomic E-state index is 4.65. The number of nitrogens with one attached hydrogen (secondary N) is 2. The molecule has 0 amide bonds. The summed E-state index contributed by atoms with van der Waals surface area (Å²) in [6.45, 7) is 8.00. The van der Waals surface area contributed by atoms with Crippen molar-refractivity contribution in [3.63, 3.8) is 0 Å². The number of fused-ring (bicyclic) bond motifs is 1. The van der Waals surface area contributed by atoms with E-state index in [0.29, 0.717) is 6.04 Å². The third-order valence-corrected chi connectivity index (χ3v) is 3.30. The minimum atomic E-state index is 0. The molecular weight excluding hydrogens is 385 g/mol. The van der Waals surface area contributed by atoms with Crippen LogP contribution in [0.3, 0.4) is 0 Å². The van der Waals surface area contributed by atoms with Gasteiger partial charge in [-0.15, -0.1) is 24.0 Å². The van der Waals surface area contributed by atoms with Gasteiger partial charge in [-0.2, -0.15) is 0 Å². The summed E-state index contributed by atoms with van der Waals surface area (Å²) in [4.78, 5) is 4.65. The molecule has 2 rings (SSSR count). The fourth-order valence-corrected chi connectivity index (χ4v) is 2.39. The Balaban J connectivity index is 0.00000242. The number of nitrogens with zero attached hydrogens (tertiary/aromatic N) is 1. The molecular formula is C18H26IN3. The van der Waals surface area contributed by atoms with E-state index in [1.807, 2.05) is 0 Å². The Hall–Kier alpha value is -1.30. The Morgan fingerprint density at radius 2 is 1.82 bits per heavy atom. The predicted molar refractivity (Wildman–Crippen MR) is 107 cm³/mol. The highest BCUT2D eigenvalue weighted by atomic mass is 127. The molecule has 120 valence electrons. The van der Waals surface area contributed by atoms with Crippen LogP contribution in [0.25, 0.3) is 10.8 Å². The lowest BCUT2D eigenvalue weighted by Gasteiger charge is -2.14. The summed E-state index contributed by atoms with van der Waals surface area (Å²) in [5.41, 5.74) is 1.36. The van der Waals surface area contributed by atoms with Gasteiger partial charge in [-0.25, -0.2) is 0 Å². The molecule has 0 aliphatic carbocycles. The summed E-state index contributed by atoms with van der Waals surface area (Å²) < 4.78 is 0. The van der Waals surface area contributed by atoms with E-state index in [2.05, 4.69) is 78.9 Å². The van der Waals surface area contributed by atoms with Crippen LogP contribution in [0.5, 0.6) is 0 Å². The van der Waals surface area contributed by atoms with Crippen LogP contribution in [0.15, 0.2) is 47.5 Å². The quantitative estimate of drug-likeness (QED) is 0.444. The number of guanidine groups is 1. The van der Waals surface area contributed by atoms with Crippen molar-refractivity contribution in [2.45, 2.75) is 33.2 Å². The van der Waals surface area contributed by atoms with E-state index in [1.54, 1.807) is 0 Å². The van der Waals surface area contributed by atoms with E-state index in [1.165, 1.54) is 16.3 Å². The second kappa shape index (κ2) is 9.66. The molecule has 0 unspecified atom stereocenters. The predicted octanol–water partition coefficient (Wildman–Crippen LogP) is 3.96. The summed E-state index contributed by atoms with van der Waals surface area (Å²) in [5, 5.41) is 9.25. The van der Waals surface area contributed by atoms with E-state index in [9.17, 15) is 0 Å². The molecule has 0 atom stereocenters. The van der Waals surface area contributed by atoms with Crippen molar-refractivity contribution in [3.05, 3.63) is 48.0 Å². The third kappa shape index (κ3) is 5.48. The van der Waals surface area contributed by atoms with Crippen molar-refractivity contribution >= 4 is 40.7 Å². The summed E-state index contributed by atoms with van der Waals surface area (Å²) in [6.07, 6.45) is 0.954. The monoisotopic (exact) mass is 411 g/mol. The first-order valence-corrected chi connectivity index (χ1v) is 7.72. The van der Waals surface area contributed by atoms with Gasteiger partial charge < -0.3 is 10.6 Å². The summed E-state index contributed by atoms with van der Waals surface area (Å²) >= 11 is 0. The van der Waals surface area contributed by atoms with Crippen LogP contribution >= 0.6 is 24.0 Å².